The molecule has 0 fully saturated rings. The Balaban J connectivity index is 2.56. The number of anilines is 1. The molecule has 4 heteroatoms. The number of nitrogens with zero attached hydrogens (tertiary/aromatic N) is 2. The van der Waals surface area contributed by atoms with Crippen LogP contribution < -0.4 is 5.32 Å². The van der Waals surface area contributed by atoms with E-state index in [1.807, 2.05) is 13.0 Å². The summed E-state index contributed by atoms with van der Waals surface area (Å²) in [5.74, 6) is 0.686. The summed E-state index contributed by atoms with van der Waals surface area (Å²) in [5.41, 5.74) is 0.972. The molecule has 1 heterocycles. The second kappa shape index (κ2) is 6.35. The Labute approximate surface area is 91.1 Å². The molecule has 0 aliphatic heterocycles. The summed E-state index contributed by atoms with van der Waals surface area (Å²) in [7, 11) is 1.71. The van der Waals surface area contributed by atoms with E-state index >= 15 is 0 Å². The normalized spacial score (nSPS) is 12.5. The zero-order chi connectivity index (χ0) is 11.1. The summed E-state index contributed by atoms with van der Waals surface area (Å²) < 4.78 is 5.14. The second-order valence-electron chi connectivity index (χ2n) is 3.61. The maximum Gasteiger partial charge on any atom is 0.223 e. The molecule has 0 aliphatic carbocycles. The summed E-state index contributed by atoms with van der Waals surface area (Å²) in [6, 6.07) is 2.18. The first-order chi connectivity index (χ1) is 7.26. The van der Waals surface area contributed by atoms with Crippen LogP contribution in [0.2, 0.25) is 0 Å². The lowest BCUT2D eigenvalue weighted by Crippen LogP contribution is -2.25. The van der Waals surface area contributed by atoms with Crippen LogP contribution in [-0.2, 0) is 4.74 Å². The van der Waals surface area contributed by atoms with Crippen LogP contribution >= 0.6 is 0 Å². The van der Waals surface area contributed by atoms with Crippen LogP contribution in [0.5, 0.6) is 0 Å². The lowest BCUT2D eigenvalue weighted by atomic mass is 10.2. The summed E-state index contributed by atoms with van der Waals surface area (Å²) in [6.07, 6.45) is 3.94. The molecule has 1 aromatic heterocycles. The number of hydrogen-bond donors (Lipinski definition) is 1. The Morgan fingerprint density at radius 3 is 2.93 bits per heavy atom. The molecule has 1 aromatic rings. The highest BCUT2D eigenvalue weighted by atomic mass is 16.5. The number of nitrogens with one attached hydrogen (secondary N) is 1. The highest BCUT2D eigenvalue weighted by Gasteiger charge is 2.08. The van der Waals surface area contributed by atoms with Crippen molar-refractivity contribution in [2.75, 3.05) is 19.0 Å². The standard InChI is InChI=1S/C11H19N3O/c1-4-5-10(8-15-3)14-11-12-7-6-9(2)13-11/h6-7,10H,4-5,8H2,1-3H3,(H,12,13,14). The maximum absolute atomic E-state index is 5.14. The molecule has 0 aliphatic rings. The van der Waals surface area contributed by atoms with Gasteiger partial charge in [-0.25, -0.2) is 9.97 Å². The van der Waals surface area contributed by atoms with Crippen LogP contribution in [-0.4, -0.2) is 29.7 Å². The van der Waals surface area contributed by atoms with E-state index < -0.39 is 0 Å². The summed E-state index contributed by atoms with van der Waals surface area (Å²) in [4.78, 5) is 8.47. The minimum absolute atomic E-state index is 0.293. The largest absolute Gasteiger partial charge is 0.383 e. The van der Waals surface area contributed by atoms with Crippen molar-refractivity contribution in [1.82, 2.24) is 9.97 Å². The number of rotatable bonds is 6. The highest BCUT2D eigenvalue weighted by Crippen LogP contribution is 2.06. The van der Waals surface area contributed by atoms with Gasteiger partial charge < -0.3 is 10.1 Å². The second-order valence-corrected chi connectivity index (χ2v) is 3.61. The van der Waals surface area contributed by atoms with Gasteiger partial charge in [0, 0.05) is 19.0 Å². The van der Waals surface area contributed by atoms with Crippen molar-refractivity contribution in [2.45, 2.75) is 32.7 Å². The summed E-state index contributed by atoms with van der Waals surface area (Å²) in [6.45, 7) is 4.80. The highest BCUT2D eigenvalue weighted by molar-refractivity contribution is 5.26. The summed E-state index contributed by atoms with van der Waals surface area (Å²) in [5, 5.41) is 3.27. The minimum atomic E-state index is 0.293. The predicted octanol–water partition coefficient (Wildman–Crippen LogP) is 2.01. The van der Waals surface area contributed by atoms with E-state index in [-0.39, 0.29) is 0 Å². The first-order valence-electron chi connectivity index (χ1n) is 5.31. The fourth-order valence-corrected chi connectivity index (χ4v) is 1.45. The SMILES string of the molecule is CCCC(COC)Nc1nccc(C)n1. The van der Waals surface area contributed by atoms with Crippen molar-refractivity contribution >= 4 is 5.95 Å². The molecule has 0 aromatic carbocycles. The molecule has 0 spiro atoms. The van der Waals surface area contributed by atoms with Crippen LogP contribution in [0.1, 0.15) is 25.5 Å². The van der Waals surface area contributed by atoms with Crippen LogP contribution in [0.15, 0.2) is 12.3 Å². The Hall–Kier alpha value is -1.16. The van der Waals surface area contributed by atoms with E-state index in [1.54, 1.807) is 13.3 Å². The van der Waals surface area contributed by atoms with E-state index in [1.165, 1.54) is 0 Å². The van der Waals surface area contributed by atoms with Gasteiger partial charge >= 0.3 is 0 Å². The van der Waals surface area contributed by atoms with Crippen LogP contribution in [0.3, 0.4) is 0 Å². The Morgan fingerprint density at radius 1 is 1.53 bits per heavy atom. The van der Waals surface area contributed by atoms with Gasteiger partial charge in [0.2, 0.25) is 5.95 Å². The van der Waals surface area contributed by atoms with E-state index in [4.69, 9.17) is 4.74 Å². The maximum atomic E-state index is 5.14. The van der Waals surface area contributed by atoms with Crippen molar-refractivity contribution < 1.29 is 4.74 Å². The predicted molar refractivity (Wildman–Crippen MR) is 61.0 cm³/mol. The van der Waals surface area contributed by atoms with Crippen molar-refractivity contribution in [1.29, 1.82) is 0 Å². The van der Waals surface area contributed by atoms with Gasteiger partial charge in [-0.2, -0.15) is 0 Å². The topological polar surface area (TPSA) is 47.0 Å². The van der Waals surface area contributed by atoms with E-state index in [2.05, 4.69) is 22.2 Å². The Morgan fingerprint density at radius 2 is 2.33 bits per heavy atom. The van der Waals surface area contributed by atoms with Crippen LogP contribution in [0, 0.1) is 6.92 Å². The zero-order valence-corrected chi connectivity index (χ0v) is 9.66. The van der Waals surface area contributed by atoms with Crippen molar-refractivity contribution in [2.24, 2.45) is 0 Å². The van der Waals surface area contributed by atoms with Crippen LogP contribution in [0.25, 0.3) is 0 Å². The van der Waals surface area contributed by atoms with Gasteiger partial charge in [-0.3, -0.25) is 0 Å². The number of ether oxygens (including phenoxy) is 1. The molecule has 15 heavy (non-hydrogen) atoms. The lowest BCUT2D eigenvalue weighted by molar-refractivity contribution is 0.182. The van der Waals surface area contributed by atoms with E-state index in [0.717, 1.165) is 18.5 Å². The van der Waals surface area contributed by atoms with Gasteiger partial charge in [0.05, 0.1) is 12.6 Å². The number of aryl methyl sites for hydroxylation is 1. The minimum Gasteiger partial charge on any atom is -0.383 e. The number of methoxy groups -OCH3 is 1. The Kier molecular flexibility index (Phi) is 5.04. The molecule has 1 atom stereocenters. The number of hydrogen-bond acceptors (Lipinski definition) is 4. The lowest BCUT2D eigenvalue weighted by Gasteiger charge is -2.16. The first kappa shape index (κ1) is 11.9. The monoisotopic (exact) mass is 209 g/mol. The molecule has 0 amide bonds. The third-order valence-electron chi connectivity index (χ3n) is 2.13. The fourth-order valence-electron chi connectivity index (χ4n) is 1.45. The third-order valence-corrected chi connectivity index (χ3v) is 2.13. The smallest absolute Gasteiger partial charge is 0.223 e. The molecule has 0 saturated carbocycles. The number of aromatic nitrogens is 2. The van der Waals surface area contributed by atoms with Crippen LogP contribution in [0.4, 0.5) is 5.95 Å². The van der Waals surface area contributed by atoms with Crippen molar-refractivity contribution in [3.8, 4) is 0 Å². The molecule has 1 rings (SSSR count). The molecule has 1 N–H and O–H groups in total. The quantitative estimate of drug-likeness (QED) is 0.778. The van der Waals surface area contributed by atoms with E-state index in [9.17, 15) is 0 Å². The zero-order valence-electron chi connectivity index (χ0n) is 9.66. The van der Waals surface area contributed by atoms with Crippen molar-refractivity contribution in [3.63, 3.8) is 0 Å². The van der Waals surface area contributed by atoms with Gasteiger partial charge in [-0.05, 0) is 19.4 Å². The molecule has 4 nitrogen and oxygen atoms in total. The molecule has 0 bridgehead atoms. The fraction of sp³-hybridized carbons (Fsp3) is 0.636. The molecular formula is C11H19N3O. The molecule has 84 valence electrons. The molecule has 0 saturated heterocycles. The van der Waals surface area contributed by atoms with Gasteiger partial charge in [0.15, 0.2) is 0 Å². The first-order valence-corrected chi connectivity index (χ1v) is 5.31. The Bertz CT molecular complexity index is 285. The average Bonchev–Trinajstić information content (AvgIpc) is 2.18. The van der Waals surface area contributed by atoms with Gasteiger partial charge in [-0.1, -0.05) is 13.3 Å². The molecule has 1 unspecified atom stereocenters. The van der Waals surface area contributed by atoms with Gasteiger partial charge in [0.25, 0.3) is 0 Å². The molecule has 0 radical (unpaired) electrons. The summed E-state index contributed by atoms with van der Waals surface area (Å²) >= 11 is 0. The van der Waals surface area contributed by atoms with Gasteiger partial charge in [-0.15, -0.1) is 0 Å². The van der Waals surface area contributed by atoms with E-state index in [0.29, 0.717) is 18.6 Å². The van der Waals surface area contributed by atoms with Crippen molar-refractivity contribution in [3.05, 3.63) is 18.0 Å². The van der Waals surface area contributed by atoms with Gasteiger partial charge in [0.1, 0.15) is 0 Å². The molecular weight excluding hydrogens is 190 g/mol. The average molecular weight is 209 g/mol. The third kappa shape index (κ3) is 4.25.